The van der Waals surface area contributed by atoms with Crippen LogP contribution in [-0.2, 0) is 4.74 Å². The van der Waals surface area contributed by atoms with Crippen molar-refractivity contribution in [1.29, 1.82) is 5.41 Å². The van der Waals surface area contributed by atoms with Gasteiger partial charge in [0.25, 0.3) is 0 Å². The van der Waals surface area contributed by atoms with Gasteiger partial charge in [0, 0.05) is 19.1 Å². The third kappa shape index (κ3) is 3.23. The van der Waals surface area contributed by atoms with Crippen LogP contribution in [0.5, 0.6) is 5.75 Å². The van der Waals surface area contributed by atoms with Crippen molar-refractivity contribution in [3.63, 3.8) is 0 Å². The number of benzene rings is 1. The van der Waals surface area contributed by atoms with Crippen molar-refractivity contribution >= 4 is 5.84 Å². The molecule has 0 amide bonds. The van der Waals surface area contributed by atoms with Crippen molar-refractivity contribution in [2.75, 3.05) is 7.11 Å². The molecule has 1 fully saturated rings. The standard InChI is InChI=1S/C14H20N2O2/c1-17-12-3-2-4-13(9-12)18-11-7-5-10(6-8-11)14(15)16/h5-8,12-13H,2-4,9H2,1H3,(H3,15,16). The van der Waals surface area contributed by atoms with Crippen molar-refractivity contribution < 1.29 is 9.47 Å². The Morgan fingerprint density at radius 1 is 1.22 bits per heavy atom. The molecule has 2 unspecified atom stereocenters. The third-order valence-electron chi connectivity index (χ3n) is 3.38. The maximum Gasteiger partial charge on any atom is 0.122 e. The molecule has 0 saturated heterocycles. The van der Waals surface area contributed by atoms with E-state index in [0.29, 0.717) is 6.10 Å². The molecule has 0 spiro atoms. The summed E-state index contributed by atoms with van der Waals surface area (Å²) < 4.78 is 11.3. The van der Waals surface area contributed by atoms with Crippen LogP contribution in [0.4, 0.5) is 0 Å². The molecule has 3 N–H and O–H groups in total. The van der Waals surface area contributed by atoms with E-state index in [0.717, 1.165) is 37.0 Å². The molecule has 1 aliphatic rings. The molecule has 1 aromatic rings. The van der Waals surface area contributed by atoms with Crippen LogP contribution < -0.4 is 10.5 Å². The highest BCUT2D eigenvalue weighted by atomic mass is 16.5. The molecular formula is C14H20N2O2. The van der Waals surface area contributed by atoms with E-state index in [-0.39, 0.29) is 11.9 Å². The molecule has 98 valence electrons. The molecule has 18 heavy (non-hydrogen) atoms. The minimum absolute atomic E-state index is 0.0821. The van der Waals surface area contributed by atoms with Crippen LogP contribution in [0, 0.1) is 5.41 Å². The highest BCUT2D eigenvalue weighted by Crippen LogP contribution is 2.25. The predicted octanol–water partition coefficient (Wildman–Crippen LogP) is 2.31. The zero-order valence-corrected chi connectivity index (χ0v) is 10.7. The van der Waals surface area contributed by atoms with Crippen molar-refractivity contribution in [2.24, 2.45) is 5.73 Å². The molecule has 1 aliphatic carbocycles. The van der Waals surface area contributed by atoms with Crippen LogP contribution in [0.1, 0.15) is 31.2 Å². The van der Waals surface area contributed by atoms with Crippen LogP contribution in [0.15, 0.2) is 24.3 Å². The Kier molecular flexibility index (Phi) is 4.20. The summed E-state index contributed by atoms with van der Waals surface area (Å²) in [6, 6.07) is 7.36. The van der Waals surface area contributed by atoms with E-state index < -0.39 is 0 Å². The lowest BCUT2D eigenvalue weighted by molar-refractivity contribution is 0.0210. The summed E-state index contributed by atoms with van der Waals surface area (Å²) in [4.78, 5) is 0. The van der Waals surface area contributed by atoms with Crippen molar-refractivity contribution in [3.8, 4) is 5.75 Å². The van der Waals surface area contributed by atoms with E-state index in [4.69, 9.17) is 20.6 Å². The molecule has 4 nitrogen and oxygen atoms in total. The third-order valence-corrected chi connectivity index (χ3v) is 3.38. The molecular weight excluding hydrogens is 228 g/mol. The van der Waals surface area contributed by atoms with Gasteiger partial charge in [-0.05, 0) is 43.5 Å². The first-order valence-electron chi connectivity index (χ1n) is 6.33. The van der Waals surface area contributed by atoms with Gasteiger partial charge in [0.05, 0.1) is 6.10 Å². The van der Waals surface area contributed by atoms with Gasteiger partial charge in [-0.1, -0.05) is 0 Å². The Morgan fingerprint density at radius 3 is 2.50 bits per heavy atom. The highest BCUT2D eigenvalue weighted by Gasteiger charge is 2.22. The van der Waals surface area contributed by atoms with E-state index in [1.165, 1.54) is 0 Å². The second kappa shape index (κ2) is 5.87. The zero-order valence-electron chi connectivity index (χ0n) is 10.7. The summed E-state index contributed by atoms with van der Waals surface area (Å²) in [6.45, 7) is 0. The van der Waals surface area contributed by atoms with E-state index in [2.05, 4.69) is 0 Å². The number of amidine groups is 1. The number of nitrogen functional groups attached to an aromatic ring is 1. The van der Waals surface area contributed by atoms with Gasteiger partial charge in [-0.2, -0.15) is 0 Å². The van der Waals surface area contributed by atoms with E-state index >= 15 is 0 Å². The normalized spacial score (nSPS) is 23.6. The van der Waals surface area contributed by atoms with Gasteiger partial charge >= 0.3 is 0 Å². The Hall–Kier alpha value is -1.55. The average molecular weight is 248 g/mol. The van der Waals surface area contributed by atoms with Gasteiger partial charge in [0.1, 0.15) is 17.7 Å². The monoisotopic (exact) mass is 248 g/mol. The van der Waals surface area contributed by atoms with Gasteiger partial charge in [0.15, 0.2) is 0 Å². The van der Waals surface area contributed by atoms with Crippen LogP contribution in [0.3, 0.4) is 0 Å². The summed E-state index contributed by atoms with van der Waals surface area (Å²) in [7, 11) is 1.76. The number of hydrogen-bond donors (Lipinski definition) is 2. The Labute approximate surface area is 108 Å². The second-order valence-corrected chi connectivity index (χ2v) is 4.70. The molecule has 1 aromatic carbocycles. The molecule has 0 aliphatic heterocycles. The molecule has 0 aromatic heterocycles. The zero-order chi connectivity index (χ0) is 13.0. The molecule has 0 heterocycles. The van der Waals surface area contributed by atoms with E-state index in [1.54, 1.807) is 7.11 Å². The lowest BCUT2D eigenvalue weighted by Crippen LogP contribution is -2.29. The number of nitrogens with one attached hydrogen (secondary N) is 1. The summed E-state index contributed by atoms with van der Waals surface area (Å²) in [5, 5.41) is 7.33. The van der Waals surface area contributed by atoms with Gasteiger partial charge in [0.2, 0.25) is 0 Å². The topological polar surface area (TPSA) is 68.3 Å². The average Bonchev–Trinajstić information content (AvgIpc) is 2.39. The minimum atomic E-state index is 0.0821. The van der Waals surface area contributed by atoms with Crippen molar-refractivity contribution in [3.05, 3.63) is 29.8 Å². The minimum Gasteiger partial charge on any atom is -0.490 e. The number of methoxy groups -OCH3 is 1. The van der Waals surface area contributed by atoms with Gasteiger partial charge < -0.3 is 15.2 Å². The van der Waals surface area contributed by atoms with Crippen LogP contribution in [0.25, 0.3) is 0 Å². The summed E-state index contributed by atoms with van der Waals surface area (Å²) in [6.07, 6.45) is 4.85. The SMILES string of the molecule is COC1CCCC(Oc2ccc(C(=N)N)cc2)C1. The van der Waals surface area contributed by atoms with Gasteiger partial charge in [-0.15, -0.1) is 0 Å². The maximum atomic E-state index is 7.33. The van der Waals surface area contributed by atoms with Crippen molar-refractivity contribution in [1.82, 2.24) is 0 Å². The first-order chi connectivity index (χ1) is 8.69. The second-order valence-electron chi connectivity index (χ2n) is 4.70. The molecule has 4 heteroatoms. The van der Waals surface area contributed by atoms with Gasteiger partial charge in [-0.3, -0.25) is 5.41 Å². The Morgan fingerprint density at radius 2 is 1.89 bits per heavy atom. The summed E-state index contributed by atoms with van der Waals surface area (Å²) >= 11 is 0. The molecule has 2 rings (SSSR count). The quantitative estimate of drug-likeness (QED) is 0.634. The lowest BCUT2D eigenvalue weighted by Gasteiger charge is -2.28. The highest BCUT2D eigenvalue weighted by molar-refractivity contribution is 5.94. The summed E-state index contributed by atoms with van der Waals surface area (Å²) in [5.74, 6) is 0.917. The van der Waals surface area contributed by atoms with E-state index in [1.807, 2.05) is 24.3 Å². The molecule has 0 radical (unpaired) electrons. The summed E-state index contributed by atoms with van der Waals surface area (Å²) in [5.41, 5.74) is 6.13. The fourth-order valence-corrected chi connectivity index (χ4v) is 2.33. The van der Waals surface area contributed by atoms with Crippen molar-refractivity contribution in [2.45, 2.75) is 37.9 Å². The number of ether oxygens (including phenoxy) is 2. The van der Waals surface area contributed by atoms with Gasteiger partial charge in [-0.25, -0.2) is 0 Å². The van der Waals surface area contributed by atoms with Crippen LogP contribution >= 0.6 is 0 Å². The van der Waals surface area contributed by atoms with Crippen LogP contribution in [-0.4, -0.2) is 25.2 Å². The lowest BCUT2D eigenvalue weighted by atomic mass is 9.95. The largest absolute Gasteiger partial charge is 0.490 e. The number of hydrogen-bond acceptors (Lipinski definition) is 3. The maximum absolute atomic E-state index is 7.33. The first kappa shape index (κ1) is 12.9. The Bertz CT molecular complexity index is 403. The predicted molar refractivity (Wildman–Crippen MR) is 71.1 cm³/mol. The Balaban J connectivity index is 1.94. The number of nitrogens with two attached hydrogens (primary N) is 1. The first-order valence-corrected chi connectivity index (χ1v) is 6.33. The molecule has 2 atom stereocenters. The van der Waals surface area contributed by atoms with Crippen LogP contribution in [0.2, 0.25) is 0 Å². The molecule has 1 saturated carbocycles. The smallest absolute Gasteiger partial charge is 0.122 e. The van der Waals surface area contributed by atoms with E-state index in [9.17, 15) is 0 Å². The number of rotatable bonds is 4. The fourth-order valence-electron chi connectivity index (χ4n) is 2.33. The molecule has 0 bridgehead atoms. The fraction of sp³-hybridized carbons (Fsp3) is 0.500.